The molecular formula is C20H28N12O8P2S2. The zero-order chi connectivity index (χ0) is 31.4. The van der Waals surface area contributed by atoms with Gasteiger partial charge in [-0.3, -0.25) is 33.5 Å². The van der Waals surface area contributed by atoms with E-state index < -0.39 is 62.4 Å². The van der Waals surface area contributed by atoms with E-state index in [-0.39, 0.29) is 29.5 Å². The molecule has 4 aromatic heterocycles. The highest BCUT2D eigenvalue weighted by Gasteiger charge is 2.48. The van der Waals surface area contributed by atoms with Gasteiger partial charge in [-0.15, -0.1) is 0 Å². The van der Waals surface area contributed by atoms with Crippen LogP contribution in [0.15, 0.2) is 23.8 Å². The number of hydrogen-bond donors (Lipinski definition) is 8. The number of hydrogen-bond acceptors (Lipinski definition) is 15. The number of thiol groups is 2. The van der Waals surface area contributed by atoms with Crippen LogP contribution in [0.3, 0.4) is 0 Å². The van der Waals surface area contributed by atoms with E-state index in [4.69, 9.17) is 35.5 Å². The molecule has 0 amide bonds. The molecule has 2 aliphatic rings. The number of aromatic nitrogens is 8. The third-order valence-corrected chi connectivity index (χ3v) is 9.74. The van der Waals surface area contributed by atoms with Gasteiger partial charge >= 0.3 is 13.4 Å². The van der Waals surface area contributed by atoms with Crippen LogP contribution in [0.5, 0.6) is 0 Å². The lowest BCUT2D eigenvalue weighted by Crippen LogP contribution is -2.44. The highest BCUT2D eigenvalue weighted by atomic mass is 32.7. The summed E-state index contributed by atoms with van der Waals surface area (Å²) in [5.74, 6) is 0.0605. The molecule has 2 aliphatic heterocycles. The quantitative estimate of drug-likeness (QED) is 0.0807. The average Bonchev–Trinajstić information content (AvgIpc) is 3.73. The summed E-state index contributed by atoms with van der Waals surface area (Å²) in [6.45, 7) is -8.26. The second-order valence-electron chi connectivity index (χ2n) is 10.0. The fraction of sp³-hybridized carbons (Fsp3) is 0.500. The molecule has 4 aromatic rings. The van der Waals surface area contributed by atoms with Crippen molar-refractivity contribution in [3.05, 3.63) is 29.3 Å². The molecule has 24 heteroatoms. The minimum atomic E-state index is -3.95. The van der Waals surface area contributed by atoms with Gasteiger partial charge in [0.2, 0.25) is 5.95 Å². The zero-order valence-corrected chi connectivity index (χ0v) is 26.1. The molecular weight excluding hydrogens is 662 g/mol. The van der Waals surface area contributed by atoms with Crippen molar-refractivity contribution >= 4 is 72.0 Å². The molecule has 0 bridgehead atoms. The van der Waals surface area contributed by atoms with Crippen molar-refractivity contribution in [2.24, 2.45) is 5.50 Å². The number of nitrogens with zero attached hydrogens (tertiary/aromatic N) is 7. The molecule has 6 heterocycles. The predicted molar refractivity (Wildman–Crippen MR) is 162 cm³/mol. The first kappa shape index (κ1) is 31.4. The van der Waals surface area contributed by atoms with E-state index in [0.717, 1.165) is 0 Å². The van der Waals surface area contributed by atoms with Crippen molar-refractivity contribution in [3.63, 3.8) is 0 Å². The third-order valence-electron chi connectivity index (χ3n) is 7.05. The van der Waals surface area contributed by atoms with Crippen molar-refractivity contribution in [1.82, 2.24) is 44.1 Å². The molecule has 0 spiro atoms. The van der Waals surface area contributed by atoms with Gasteiger partial charge in [-0.05, 0) is 12.8 Å². The van der Waals surface area contributed by atoms with Crippen molar-refractivity contribution in [1.29, 1.82) is 0 Å². The molecule has 0 aromatic carbocycles. The van der Waals surface area contributed by atoms with Crippen LogP contribution in [0.25, 0.3) is 22.3 Å². The highest BCUT2D eigenvalue weighted by molar-refractivity contribution is 8.45. The lowest BCUT2D eigenvalue weighted by Gasteiger charge is -2.26. The van der Waals surface area contributed by atoms with Gasteiger partial charge in [0.05, 0.1) is 38.0 Å². The average molecular weight is 691 g/mol. The van der Waals surface area contributed by atoms with E-state index in [1.165, 1.54) is 17.2 Å². The maximum Gasteiger partial charge on any atom is 0.324 e. The number of nitrogens with two attached hydrogens (primary N) is 3. The molecule has 0 saturated carbocycles. The molecule has 2 unspecified atom stereocenters. The Bertz CT molecular complexity index is 1850. The largest absolute Gasteiger partial charge is 0.387 e. The van der Waals surface area contributed by atoms with Gasteiger partial charge in [0.15, 0.2) is 28.9 Å². The van der Waals surface area contributed by atoms with Gasteiger partial charge in [0, 0.05) is 0 Å². The van der Waals surface area contributed by atoms with Gasteiger partial charge < -0.3 is 35.1 Å². The summed E-state index contributed by atoms with van der Waals surface area (Å²) in [7, 11) is 0. The number of rotatable bonds is 10. The first-order valence-electron chi connectivity index (χ1n) is 12.9. The molecule has 20 nitrogen and oxygen atoms in total. The van der Waals surface area contributed by atoms with Gasteiger partial charge in [-0.2, -0.15) is 4.98 Å². The summed E-state index contributed by atoms with van der Waals surface area (Å²) in [5.41, 5.74) is 17.3. The summed E-state index contributed by atoms with van der Waals surface area (Å²) in [6.07, 6.45) is 0.594. The van der Waals surface area contributed by atoms with Crippen molar-refractivity contribution in [2.45, 2.75) is 49.7 Å². The summed E-state index contributed by atoms with van der Waals surface area (Å²) in [5, 5.41) is 14.0. The molecule has 2 fully saturated rings. The smallest absolute Gasteiger partial charge is 0.324 e. The Balaban J connectivity index is 1.15. The van der Waals surface area contributed by atoms with Crippen LogP contribution in [0.2, 0.25) is 0 Å². The highest BCUT2D eigenvalue weighted by Crippen LogP contribution is 2.51. The summed E-state index contributed by atoms with van der Waals surface area (Å²) in [6, 6.07) is -1.17. The Morgan fingerprint density at radius 3 is 2.57 bits per heavy atom. The number of ether oxygens (including phenoxy) is 2. The molecule has 6 rings (SSSR count). The fourth-order valence-corrected chi connectivity index (χ4v) is 7.39. The van der Waals surface area contributed by atoms with Crippen molar-refractivity contribution < 1.29 is 32.8 Å². The Kier molecular flexibility index (Phi) is 8.52. The minimum Gasteiger partial charge on any atom is -0.387 e. The number of aromatic amines is 1. The van der Waals surface area contributed by atoms with Crippen LogP contribution in [0.1, 0.15) is 25.3 Å². The van der Waals surface area contributed by atoms with Crippen molar-refractivity contribution in [3.8, 4) is 0 Å². The van der Waals surface area contributed by atoms with Crippen LogP contribution >= 0.6 is 37.9 Å². The lowest BCUT2D eigenvalue weighted by molar-refractivity contribution is -0.0453. The molecule has 9 N–H and O–H groups in total. The first-order valence-corrected chi connectivity index (χ1v) is 18.6. The molecule has 44 heavy (non-hydrogen) atoms. The summed E-state index contributed by atoms with van der Waals surface area (Å²) < 4.78 is 51.2. The number of imidazole rings is 2. The minimum absolute atomic E-state index is 0.0207. The monoisotopic (exact) mass is 690 g/mol. The molecule has 0 aliphatic carbocycles. The lowest BCUT2D eigenvalue weighted by atomic mass is 10.1. The van der Waals surface area contributed by atoms with Crippen LogP contribution in [0.4, 0.5) is 11.8 Å². The van der Waals surface area contributed by atoms with E-state index in [1.807, 2.05) is 0 Å². The SMILES string of the molecule is Nc1nc2c(ncn2[C@@H]2O[C@H](COP(N)(=O)S)[C@@H](NP(=O)(S)OC[C@@H]3CC[C@H](n4cnc5c(N)ncnc54)O3)[C@H]2O)c(=O)[nH]1. The van der Waals surface area contributed by atoms with Crippen LogP contribution in [-0.2, 0) is 27.7 Å². The number of fused-ring (bicyclic) bond motifs is 2. The Hall–Kier alpha value is -2.62. The molecule has 8 atom stereocenters. The van der Waals surface area contributed by atoms with E-state index >= 15 is 0 Å². The predicted octanol–water partition coefficient (Wildman–Crippen LogP) is 0.0857. The Morgan fingerprint density at radius 1 is 1.05 bits per heavy atom. The topological polar surface area (TPSA) is 289 Å². The molecule has 238 valence electrons. The number of nitrogen functional groups attached to an aromatic ring is 2. The maximum absolute atomic E-state index is 13.5. The fourth-order valence-electron chi connectivity index (χ4n) is 5.09. The summed E-state index contributed by atoms with van der Waals surface area (Å²) >= 11 is 7.92. The van der Waals surface area contributed by atoms with E-state index in [0.29, 0.717) is 24.0 Å². The second kappa shape index (κ2) is 12.0. The van der Waals surface area contributed by atoms with Crippen LogP contribution in [-0.4, -0.2) is 81.7 Å². The van der Waals surface area contributed by atoms with Gasteiger partial charge in [-0.25, -0.2) is 25.0 Å². The van der Waals surface area contributed by atoms with E-state index in [2.05, 4.69) is 59.5 Å². The Labute approximate surface area is 257 Å². The number of aliphatic hydroxyl groups is 1. The number of anilines is 2. The van der Waals surface area contributed by atoms with Crippen LogP contribution in [0, 0.1) is 0 Å². The van der Waals surface area contributed by atoms with Crippen LogP contribution < -0.4 is 27.6 Å². The molecule has 0 radical (unpaired) electrons. The normalized spacial score (nSPS) is 28.5. The van der Waals surface area contributed by atoms with Gasteiger partial charge in [0.25, 0.3) is 5.56 Å². The zero-order valence-electron chi connectivity index (χ0n) is 22.5. The molecule has 2 saturated heterocycles. The van der Waals surface area contributed by atoms with Crippen molar-refractivity contribution in [2.75, 3.05) is 24.7 Å². The van der Waals surface area contributed by atoms with E-state index in [1.54, 1.807) is 10.9 Å². The second-order valence-corrected chi connectivity index (χ2v) is 16.2. The Morgan fingerprint density at radius 2 is 1.80 bits per heavy atom. The maximum atomic E-state index is 13.5. The third kappa shape index (κ3) is 6.38. The van der Waals surface area contributed by atoms with E-state index in [9.17, 15) is 19.0 Å². The standard InChI is InChI=1S/C20H28N12O8P2S2/c21-15-12-16(25-5-24-15)31(6-26-12)10-2-1-8(39-10)3-38-42(36,44)30-11-9(4-37-41(23,35)43)40-19(14(11)33)32-7-27-13-17(32)28-20(22)29-18(13)34/h5-11,14,19,33H,1-4H2,(H2,21,24,25)(H3,23,35,43)(H2,30,36,44)(H3,22,28,29,34)/t8-,9+,10+,11+,14+,19+,41?,42?/m0/s1. The number of aliphatic hydroxyl groups excluding tert-OH is 1. The number of H-pyrrole nitrogens is 1. The van der Waals surface area contributed by atoms with Gasteiger partial charge in [-0.1, -0.05) is 24.5 Å². The number of nitrogens with one attached hydrogen (secondary N) is 2. The first-order chi connectivity index (χ1) is 20.8. The van der Waals surface area contributed by atoms with Gasteiger partial charge in [0.1, 0.15) is 30.3 Å². The summed E-state index contributed by atoms with van der Waals surface area (Å²) in [4.78, 5) is 35.1.